The van der Waals surface area contributed by atoms with Crippen LogP contribution in [0.4, 0.5) is 4.79 Å². The fraction of sp³-hybridized carbons (Fsp3) is 0.375. The van der Waals surface area contributed by atoms with E-state index >= 15 is 0 Å². The van der Waals surface area contributed by atoms with Crippen molar-refractivity contribution >= 4 is 12.0 Å². The molecule has 1 heterocycles. The zero-order valence-corrected chi connectivity index (χ0v) is 11.8. The largest absolute Gasteiger partial charge is 0.447 e. The molecule has 1 atom stereocenters. The minimum Gasteiger partial charge on any atom is -0.447 e. The Morgan fingerprint density at radius 2 is 2.10 bits per heavy atom. The summed E-state index contributed by atoms with van der Waals surface area (Å²) in [4.78, 5) is 25.3. The molecule has 4 heteroatoms. The summed E-state index contributed by atoms with van der Waals surface area (Å²) in [5.41, 5.74) is 1.68. The SMILES string of the molecule is CC/C=C(\C)C(=O)N1C(=O)OCC1Cc1ccccc1. The van der Waals surface area contributed by atoms with Gasteiger partial charge < -0.3 is 4.74 Å². The van der Waals surface area contributed by atoms with Gasteiger partial charge in [0, 0.05) is 5.57 Å². The molecule has 2 rings (SSSR count). The molecule has 0 N–H and O–H groups in total. The van der Waals surface area contributed by atoms with Crippen LogP contribution >= 0.6 is 0 Å². The number of hydrogen-bond donors (Lipinski definition) is 0. The zero-order valence-electron chi connectivity index (χ0n) is 11.8. The molecule has 0 aliphatic carbocycles. The van der Waals surface area contributed by atoms with E-state index in [1.807, 2.05) is 43.3 Å². The zero-order chi connectivity index (χ0) is 14.5. The van der Waals surface area contributed by atoms with Crippen LogP contribution in [-0.2, 0) is 16.0 Å². The first-order chi connectivity index (χ1) is 9.63. The van der Waals surface area contributed by atoms with Gasteiger partial charge in [0.2, 0.25) is 0 Å². The van der Waals surface area contributed by atoms with Crippen molar-refractivity contribution in [3.8, 4) is 0 Å². The molecule has 0 saturated carbocycles. The van der Waals surface area contributed by atoms with Crippen LogP contribution in [-0.4, -0.2) is 29.5 Å². The van der Waals surface area contributed by atoms with Gasteiger partial charge in [-0.05, 0) is 25.3 Å². The summed E-state index contributed by atoms with van der Waals surface area (Å²) in [6.07, 6.45) is 2.68. The van der Waals surface area contributed by atoms with Crippen LogP contribution in [0.5, 0.6) is 0 Å². The van der Waals surface area contributed by atoms with Gasteiger partial charge in [-0.3, -0.25) is 4.79 Å². The highest BCUT2D eigenvalue weighted by molar-refractivity contribution is 6.03. The molecule has 1 aromatic carbocycles. The third-order valence-electron chi connectivity index (χ3n) is 3.34. The Hall–Kier alpha value is -2.10. The number of imide groups is 1. The number of rotatable bonds is 4. The van der Waals surface area contributed by atoms with Crippen LogP contribution in [0.3, 0.4) is 0 Å². The lowest BCUT2D eigenvalue weighted by molar-refractivity contribution is -0.125. The lowest BCUT2D eigenvalue weighted by Crippen LogP contribution is -2.40. The summed E-state index contributed by atoms with van der Waals surface area (Å²) in [6.45, 7) is 3.95. The van der Waals surface area contributed by atoms with E-state index in [0.717, 1.165) is 12.0 Å². The molecule has 106 valence electrons. The number of amides is 2. The van der Waals surface area contributed by atoms with Crippen molar-refractivity contribution in [2.24, 2.45) is 0 Å². The summed E-state index contributed by atoms with van der Waals surface area (Å²) in [6, 6.07) is 9.58. The standard InChI is InChI=1S/C16H19NO3/c1-3-7-12(2)15(18)17-14(11-20-16(17)19)10-13-8-5-4-6-9-13/h4-9,14H,3,10-11H2,1-2H3/b12-7+. The number of cyclic esters (lactones) is 1. The average Bonchev–Trinajstić information content (AvgIpc) is 2.80. The van der Waals surface area contributed by atoms with E-state index < -0.39 is 6.09 Å². The van der Waals surface area contributed by atoms with E-state index in [4.69, 9.17) is 4.74 Å². The summed E-state index contributed by atoms with van der Waals surface area (Å²) >= 11 is 0. The first kappa shape index (κ1) is 14.3. The Morgan fingerprint density at radius 3 is 2.75 bits per heavy atom. The predicted octanol–water partition coefficient (Wildman–Crippen LogP) is 2.93. The highest BCUT2D eigenvalue weighted by Gasteiger charge is 2.38. The number of carbonyl (C=O) groups is 2. The van der Waals surface area contributed by atoms with Crippen molar-refractivity contribution < 1.29 is 14.3 Å². The smallest absolute Gasteiger partial charge is 0.417 e. The molecule has 2 amide bonds. The van der Waals surface area contributed by atoms with Gasteiger partial charge >= 0.3 is 6.09 Å². The lowest BCUT2D eigenvalue weighted by Gasteiger charge is -2.20. The second-order valence-electron chi connectivity index (χ2n) is 4.89. The Morgan fingerprint density at radius 1 is 1.40 bits per heavy atom. The lowest BCUT2D eigenvalue weighted by atomic mass is 10.1. The minimum absolute atomic E-state index is 0.224. The van der Waals surface area contributed by atoms with Crippen molar-refractivity contribution in [2.45, 2.75) is 32.7 Å². The molecule has 1 unspecified atom stereocenters. The normalized spacial score (nSPS) is 19.1. The van der Waals surface area contributed by atoms with Gasteiger partial charge in [0.15, 0.2) is 0 Å². The fourth-order valence-electron chi connectivity index (χ4n) is 2.33. The van der Waals surface area contributed by atoms with Crippen LogP contribution in [0, 0.1) is 0 Å². The van der Waals surface area contributed by atoms with Gasteiger partial charge in [0.1, 0.15) is 6.61 Å². The van der Waals surface area contributed by atoms with Gasteiger partial charge in [-0.15, -0.1) is 0 Å². The van der Waals surface area contributed by atoms with E-state index in [0.29, 0.717) is 12.0 Å². The molecule has 1 aromatic rings. The van der Waals surface area contributed by atoms with Crippen LogP contribution in [0.1, 0.15) is 25.8 Å². The first-order valence-corrected chi connectivity index (χ1v) is 6.84. The van der Waals surface area contributed by atoms with Gasteiger partial charge in [-0.25, -0.2) is 9.69 Å². The third kappa shape index (κ3) is 3.07. The van der Waals surface area contributed by atoms with Crippen LogP contribution in [0.15, 0.2) is 42.0 Å². The van der Waals surface area contributed by atoms with Crippen LogP contribution in [0.2, 0.25) is 0 Å². The second-order valence-corrected chi connectivity index (χ2v) is 4.89. The molecule has 0 aromatic heterocycles. The number of allylic oxidation sites excluding steroid dienone is 1. The number of nitrogens with zero attached hydrogens (tertiary/aromatic N) is 1. The minimum atomic E-state index is -0.542. The molecule has 1 aliphatic heterocycles. The molecule has 0 bridgehead atoms. The maximum atomic E-state index is 12.3. The topological polar surface area (TPSA) is 46.6 Å². The highest BCUT2D eigenvalue weighted by atomic mass is 16.6. The van der Waals surface area contributed by atoms with Crippen molar-refractivity contribution in [2.75, 3.05) is 6.61 Å². The van der Waals surface area contributed by atoms with Crippen molar-refractivity contribution in [3.63, 3.8) is 0 Å². The summed E-state index contributed by atoms with van der Waals surface area (Å²) in [5.74, 6) is -0.254. The van der Waals surface area contributed by atoms with Gasteiger partial charge in [-0.1, -0.05) is 43.3 Å². The van der Waals surface area contributed by atoms with Crippen LogP contribution in [0.25, 0.3) is 0 Å². The Balaban J connectivity index is 2.15. The van der Waals surface area contributed by atoms with E-state index in [1.54, 1.807) is 6.92 Å². The van der Waals surface area contributed by atoms with E-state index in [2.05, 4.69) is 0 Å². The maximum absolute atomic E-state index is 12.3. The first-order valence-electron chi connectivity index (χ1n) is 6.84. The van der Waals surface area contributed by atoms with Crippen molar-refractivity contribution in [1.82, 2.24) is 4.90 Å². The monoisotopic (exact) mass is 273 g/mol. The molecule has 1 saturated heterocycles. The molecule has 1 fully saturated rings. The van der Waals surface area contributed by atoms with Gasteiger partial charge in [-0.2, -0.15) is 0 Å². The van der Waals surface area contributed by atoms with Crippen molar-refractivity contribution in [3.05, 3.63) is 47.5 Å². The summed E-state index contributed by atoms with van der Waals surface area (Å²) < 4.78 is 5.04. The quantitative estimate of drug-likeness (QED) is 0.792. The fourth-order valence-corrected chi connectivity index (χ4v) is 2.33. The molecule has 4 nitrogen and oxygen atoms in total. The van der Waals surface area contributed by atoms with Crippen LogP contribution < -0.4 is 0 Å². The molecule has 20 heavy (non-hydrogen) atoms. The van der Waals surface area contributed by atoms with Crippen molar-refractivity contribution in [1.29, 1.82) is 0 Å². The Kier molecular flexibility index (Phi) is 4.56. The van der Waals surface area contributed by atoms with E-state index in [9.17, 15) is 9.59 Å². The molecule has 1 aliphatic rings. The molecular formula is C16H19NO3. The molecular weight excluding hydrogens is 254 g/mol. The number of carbonyl (C=O) groups excluding carboxylic acids is 2. The average molecular weight is 273 g/mol. The maximum Gasteiger partial charge on any atom is 0.417 e. The second kappa shape index (κ2) is 6.37. The highest BCUT2D eigenvalue weighted by Crippen LogP contribution is 2.19. The summed E-state index contributed by atoms with van der Waals surface area (Å²) in [5, 5.41) is 0. The Labute approximate surface area is 119 Å². The molecule has 0 spiro atoms. The Bertz CT molecular complexity index is 522. The van der Waals surface area contributed by atoms with Gasteiger partial charge in [0.05, 0.1) is 6.04 Å². The van der Waals surface area contributed by atoms with Gasteiger partial charge in [0.25, 0.3) is 5.91 Å². The predicted molar refractivity (Wildman–Crippen MR) is 76.2 cm³/mol. The third-order valence-corrected chi connectivity index (χ3v) is 3.34. The molecule has 0 radical (unpaired) electrons. The summed E-state index contributed by atoms with van der Waals surface area (Å²) in [7, 11) is 0. The number of ether oxygens (including phenoxy) is 1. The number of hydrogen-bond acceptors (Lipinski definition) is 3. The number of benzene rings is 1. The van der Waals surface area contributed by atoms with E-state index in [-0.39, 0.29) is 18.6 Å². The van der Waals surface area contributed by atoms with E-state index in [1.165, 1.54) is 4.90 Å².